The zero-order valence-corrected chi connectivity index (χ0v) is 11.5. The molecule has 1 aromatic heterocycles. The second-order valence-corrected chi connectivity index (χ2v) is 4.87. The molecular weight excluding hydrogens is 265 g/mol. The molecule has 3 aromatic rings. The van der Waals surface area contributed by atoms with Crippen molar-refractivity contribution in [3.8, 4) is 5.69 Å². The van der Waals surface area contributed by atoms with Gasteiger partial charge >= 0.3 is 0 Å². The van der Waals surface area contributed by atoms with Gasteiger partial charge in [0.1, 0.15) is 5.82 Å². The number of hydrogen-bond acceptors (Lipinski definition) is 2. The van der Waals surface area contributed by atoms with E-state index in [1.165, 1.54) is 17.7 Å². The SMILES string of the molecule is Fc1ccc(CNCc2ccc(-n3ccnc3)cc2)cc1. The summed E-state index contributed by atoms with van der Waals surface area (Å²) in [5, 5.41) is 3.35. The normalized spacial score (nSPS) is 10.7. The summed E-state index contributed by atoms with van der Waals surface area (Å²) < 4.78 is 14.8. The van der Waals surface area contributed by atoms with Gasteiger partial charge in [-0.2, -0.15) is 0 Å². The van der Waals surface area contributed by atoms with Gasteiger partial charge in [-0.05, 0) is 35.4 Å². The Morgan fingerprint density at radius 3 is 2.10 bits per heavy atom. The van der Waals surface area contributed by atoms with Crippen LogP contribution in [0.2, 0.25) is 0 Å². The molecule has 0 aliphatic heterocycles. The summed E-state index contributed by atoms with van der Waals surface area (Å²) in [5.41, 5.74) is 3.38. The molecule has 0 unspecified atom stereocenters. The molecule has 106 valence electrons. The van der Waals surface area contributed by atoms with Gasteiger partial charge in [0.15, 0.2) is 0 Å². The van der Waals surface area contributed by atoms with E-state index in [0.29, 0.717) is 0 Å². The summed E-state index contributed by atoms with van der Waals surface area (Å²) in [7, 11) is 0. The smallest absolute Gasteiger partial charge is 0.123 e. The largest absolute Gasteiger partial charge is 0.309 e. The maximum atomic E-state index is 12.8. The average molecular weight is 281 g/mol. The number of rotatable bonds is 5. The second kappa shape index (κ2) is 6.33. The molecule has 1 heterocycles. The molecule has 0 aliphatic carbocycles. The van der Waals surface area contributed by atoms with Gasteiger partial charge in [-0.3, -0.25) is 0 Å². The highest BCUT2D eigenvalue weighted by molar-refractivity contribution is 5.34. The van der Waals surface area contributed by atoms with Crippen molar-refractivity contribution in [1.82, 2.24) is 14.9 Å². The van der Waals surface area contributed by atoms with E-state index < -0.39 is 0 Å². The van der Waals surface area contributed by atoms with Crippen LogP contribution in [0.5, 0.6) is 0 Å². The maximum Gasteiger partial charge on any atom is 0.123 e. The number of benzene rings is 2. The molecule has 0 amide bonds. The molecular formula is C17H16FN3. The lowest BCUT2D eigenvalue weighted by atomic mass is 10.2. The molecule has 1 N–H and O–H groups in total. The van der Waals surface area contributed by atoms with Gasteiger partial charge in [-0.25, -0.2) is 9.37 Å². The monoisotopic (exact) mass is 281 g/mol. The molecule has 0 saturated heterocycles. The van der Waals surface area contributed by atoms with E-state index in [-0.39, 0.29) is 5.82 Å². The minimum Gasteiger partial charge on any atom is -0.309 e. The van der Waals surface area contributed by atoms with Crippen LogP contribution in [-0.2, 0) is 13.1 Å². The van der Waals surface area contributed by atoms with Gasteiger partial charge in [-0.1, -0.05) is 24.3 Å². The van der Waals surface area contributed by atoms with Gasteiger partial charge in [0.05, 0.1) is 6.33 Å². The molecule has 0 bridgehead atoms. The summed E-state index contributed by atoms with van der Waals surface area (Å²) in [6.07, 6.45) is 5.46. The fourth-order valence-corrected chi connectivity index (χ4v) is 2.15. The third-order valence-electron chi connectivity index (χ3n) is 3.31. The predicted octanol–water partition coefficient (Wildman–Crippen LogP) is 3.30. The lowest BCUT2D eigenvalue weighted by Gasteiger charge is -2.07. The molecule has 4 heteroatoms. The molecule has 0 spiro atoms. The Balaban J connectivity index is 1.55. The highest BCUT2D eigenvalue weighted by Crippen LogP contribution is 2.09. The molecule has 0 atom stereocenters. The summed E-state index contributed by atoms with van der Waals surface area (Å²) in [5.74, 6) is -0.200. The third kappa shape index (κ3) is 3.55. The number of nitrogens with one attached hydrogen (secondary N) is 1. The maximum absolute atomic E-state index is 12.8. The van der Waals surface area contributed by atoms with E-state index >= 15 is 0 Å². The quantitative estimate of drug-likeness (QED) is 0.777. The van der Waals surface area contributed by atoms with Crippen molar-refractivity contribution < 1.29 is 4.39 Å². The Bertz CT molecular complexity index is 673. The molecule has 3 rings (SSSR count). The van der Waals surface area contributed by atoms with Crippen LogP contribution in [0.4, 0.5) is 4.39 Å². The van der Waals surface area contributed by atoms with Crippen LogP contribution in [0.15, 0.2) is 67.3 Å². The summed E-state index contributed by atoms with van der Waals surface area (Å²) in [6, 6.07) is 14.9. The van der Waals surface area contributed by atoms with Gasteiger partial charge in [-0.15, -0.1) is 0 Å². The minimum absolute atomic E-state index is 0.200. The van der Waals surface area contributed by atoms with Crippen LogP contribution in [0.1, 0.15) is 11.1 Å². The number of imidazole rings is 1. The van der Waals surface area contributed by atoms with Crippen molar-refractivity contribution >= 4 is 0 Å². The number of nitrogens with zero attached hydrogens (tertiary/aromatic N) is 2. The van der Waals surface area contributed by atoms with E-state index in [1.54, 1.807) is 24.7 Å². The highest BCUT2D eigenvalue weighted by atomic mass is 19.1. The molecule has 0 saturated carbocycles. The van der Waals surface area contributed by atoms with Crippen LogP contribution < -0.4 is 5.32 Å². The molecule has 21 heavy (non-hydrogen) atoms. The van der Waals surface area contributed by atoms with Gasteiger partial charge in [0.25, 0.3) is 0 Å². The molecule has 0 fully saturated rings. The average Bonchev–Trinajstić information content (AvgIpc) is 3.04. The van der Waals surface area contributed by atoms with Crippen molar-refractivity contribution in [2.75, 3.05) is 0 Å². The van der Waals surface area contributed by atoms with E-state index in [1.807, 2.05) is 10.8 Å². The van der Waals surface area contributed by atoms with Crippen LogP contribution in [0, 0.1) is 5.82 Å². The Labute approximate surface area is 123 Å². The first-order chi connectivity index (χ1) is 10.3. The first-order valence-corrected chi connectivity index (χ1v) is 6.84. The lowest BCUT2D eigenvalue weighted by Crippen LogP contribution is -2.12. The fraction of sp³-hybridized carbons (Fsp3) is 0.118. The van der Waals surface area contributed by atoms with Crippen LogP contribution in [0.25, 0.3) is 5.69 Å². The van der Waals surface area contributed by atoms with Crippen LogP contribution >= 0.6 is 0 Å². The van der Waals surface area contributed by atoms with Gasteiger partial charge in [0.2, 0.25) is 0 Å². The summed E-state index contributed by atoms with van der Waals surface area (Å²) >= 11 is 0. The Hall–Kier alpha value is -2.46. The van der Waals surface area contributed by atoms with Crippen molar-refractivity contribution in [3.05, 3.63) is 84.2 Å². The zero-order valence-electron chi connectivity index (χ0n) is 11.5. The fourth-order valence-electron chi connectivity index (χ4n) is 2.15. The van der Waals surface area contributed by atoms with E-state index in [9.17, 15) is 4.39 Å². The minimum atomic E-state index is -0.200. The van der Waals surface area contributed by atoms with E-state index in [0.717, 1.165) is 24.3 Å². The standard InChI is InChI=1S/C17H16FN3/c18-16-5-1-14(2-6-16)11-20-12-15-3-7-17(8-4-15)21-10-9-19-13-21/h1-10,13,20H,11-12H2. The van der Waals surface area contributed by atoms with Gasteiger partial charge in [0, 0.05) is 31.2 Å². The zero-order chi connectivity index (χ0) is 14.5. The van der Waals surface area contributed by atoms with Crippen LogP contribution in [-0.4, -0.2) is 9.55 Å². The van der Waals surface area contributed by atoms with Crippen molar-refractivity contribution in [2.24, 2.45) is 0 Å². The number of hydrogen-bond donors (Lipinski definition) is 1. The molecule has 2 aromatic carbocycles. The molecule has 0 radical (unpaired) electrons. The molecule has 3 nitrogen and oxygen atoms in total. The highest BCUT2D eigenvalue weighted by Gasteiger charge is 1.98. The van der Waals surface area contributed by atoms with E-state index in [4.69, 9.17) is 0 Å². The number of aromatic nitrogens is 2. The molecule has 0 aliphatic rings. The van der Waals surface area contributed by atoms with E-state index in [2.05, 4.69) is 34.6 Å². The number of halogens is 1. The first kappa shape index (κ1) is 13.5. The lowest BCUT2D eigenvalue weighted by molar-refractivity contribution is 0.625. The van der Waals surface area contributed by atoms with Gasteiger partial charge < -0.3 is 9.88 Å². The Morgan fingerprint density at radius 1 is 0.905 bits per heavy atom. The topological polar surface area (TPSA) is 29.9 Å². The van der Waals surface area contributed by atoms with Crippen molar-refractivity contribution in [3.63, 3.8) is 0 Å². The summed E-state index contributed by atoms with van der Waals surface area (Å²) in [4.78, 5) is 4.03. The van der Waals surface area contributed by atoms with Crippen LogP contribution in [0.3, 0.4) is 0 Å². The second-order valence-electron chi connectivity index (χ2n) is 4.87. The van der Waals surface area contributed by atoms with Crippen molar-refractivity contribution in [1.29, 1.82) is 0 Å². The first-order valence-electron chi connectivity index (χ1n) is 6.84. The Kier molecular flexibility index (Phi) is 4.07. The Morgan fingerprint density at radius 2 is 1.52 bits per heavy atom. The summed E-state index contributed by atoms with van der Waals surface area (Å²) in [6.45, 7) is 1.51. The third-order valence-corrected chi connectivity index (χ3v) is 3.31. The van der Waals surface area contributed by atoms with Crippen molar-refractivity contribution in [2.45, 2.75) is 13.1 Å². The predicted molar refractivity (Wildman–Crippen MR) is 80.5 cm³/mol.